The van der Waals surface area contributed by atoms with Gasteiger partial charge in [-0.1, -0.05) is 0 Å². The third-order valence-corrected chi connectivity index (χ3v) is 6.18. The topological polar surface area (TPSA) is 109 Å². The lowest BCUT2D eigenvalue weighted by atomic mass is 10.4. The summed E-state index contributed by atoms with van der Waals surface area (Å²) in [5.74, 6) is -1.68. The lowest BCUT2D eigenvalue weighted by molar-refractivity contribution is 0.0691. The Morgan fingerprint density at radius 3 is 2.60 bits per heavy atom. The van der Waals surface area contributed by atoms with Gasteiger partial charge in [-0.2, -0.15) is 0 Å². The van der Waals surface area contributed by atoms with Crippen LogP contribution in [0, 0.1) is 6.92 Å². The SMILES string of the molecule is Cc1cc(S(=O)(=O)Nc2nccnc2C(=O)O)sc1Br. The quantitative estimate of drug-likeness (QED) is 0.844. The minimum atomic E-state index is -3.90. The molecule has 0 radical (unpaired) electrons. The highest BCUT2D eigenvalue weighted by molar-refractivity contribution is 9.11. The summed E-state index contributed by atoms with van der Waals surface area (Å²) in [5.41, 5.74) is 0.316. The monoisotopic (exact) mass is 377 g/mol. The Kier molecular flexibility index (Phi) is 4.06. The maximum absolute atomic E-state index is 12.2. The molecule has 2 heterocycles. The molecular formula is C10H8BrN3O4S2. The summed E-state index contributed by atoms with van der Waals surface area (Å²) in [4.78, 5) is 18.2. The zero-order valence-corrected chi connectivity index (χ0v) is 13.2. The molecule has 0 amide bonds. The van der Waals surface area contributed by atoms with Gasteiger partial charge in [0.1, 0.15) is 4.21 Å². The van der Waals surface area contributed by atoms with Crippen molar-refractivity contribution in [1.29, 1.82) is 0 Å². The lowest BCUT2D eigenvalue weighted by Gasteiger charge is -2.06. The summed E-state index contributed by atoms with van der Waals surface area (Å²) in [6, 6.07) is 1.48. The number of aryl methyl sites for hydroxylation is 1. The van der Waals surface area contributed by atoms with Crippen molar-refractivity contribution in [2.75, 3.05) is 4.72 Å². The second-order valence-electron chi connectivity index (χ2n) is 3.69. The maximum atomic E-state index is 12.2. The lowest BCUT2D eigenvalue weighted by Crippen LogP contribution is -2.16. The third-order valence-electron chi connectivity index (χ3n) is 2.23. The Morgan fingerprint density at radius 2 is 2.05 bits per heavy atom. The highest BCUT2D eigenvalue weighted by Crippen LogP contribution is 2.31. The molecule has 0 saturated carbocycles. The normalized spacial score (nSPS) is 11.3. The van der Waals surface area contributed by atoms with Crippen molar-refractivity contribution in [3.05, 3.63) is 33.5 Å². The molecule has 10 heteroatoms. The number of thiophene rings is 1. The predicted octanol–water partition coefficient (Wildman–Crippen LogP) is 2.11. The summed E-state index contributed by atoms with van der Waals surface area (Å²) in [6.07, 6.45) is 2.38. The number of aromatic carboxylic acids is 1. The summed E-state index contributed by atoms with van der Waals surface area (Å²) in [5, 5.41) is 8.94. The molecule has 7 nitrogen and oxygen atoms in total. The Morgan fingerprint density at radius 1 is 1.40 bits per heavy atom. The molecule has 106 valence electrons. The first-order valence-electron chi connectivity index (χ1n) is 5.14. The first-order valence-corrected chi connectivity index (χ1v) is 8.23. The average Bonchev–Trinajstić information content (AvgIpc) is 2.70. The summed E-state index contributed by atoms with van der Waals surface area (Å²) < 4.78 is 27.2. The van der Waals surface area contributed by atoms with Crippen LogP contribution in [0.15, 0.2) is 26.5 Å². The average molecular weight is 378 g/mol. The van der Waals surface area contributed by atoms with E-state index >= 15 is 0 Å². The van der Waals surface area contributed by atoms with Gasteiger partial charge in [0.15, 0.2) is 11.5 Å². The number of anilines is 1. The van der Waals surface area contributed by atoms with Crippen molar-refractivity contribution in [2.24, 2.45) is 0 Å². The van der Waals surface area contributed by atoms with E-state index in [1.165, 1.54) is 18.5 Å². The second kappa shape index (κ2) is 5.46. The highest BCUT2D eigenvalue weighted by atomic mass is 79.9. The molecule has 2 aromatic heterocycles. The zero-order valence-electron chi connectivity index (χ0n) is 9.99. The number of carboxylic acid groups (broad SMARTS) is 1. The van der Waals surface area contributed by atoms with Gasteiger partial charge in [-0.15, -0.1) is 11.3 Å². The molecule has 0 saturated heterocycles. The van der Waals surface area contributed by atoms with Gasteiger partial charge in [0.2, 0.25) is 0 Å². The smallest absolute Gasteiger partial charge is 0.358 e. The minimum Gasteiger partial charge on any atom is -0.476 e. The molecule has 0 atom stereocenters. The van der Waals surface area contributed by atoms with E-state index in [2.05, 4.69) is 30.6 Å². The van der Waals surface area contributed by atoms with Crippen molar-refractivity contribution >= 4 is 49.1 Å². The van der Waals surface area contributed by atoms with E-state index in [1.807, 2.05) is 0 Å². The van der Waals surface area contributed by atoms with E-state index in [4.69, 9.17) is 5.11 Å². The van der Waals surface area contributed by atoms with E-state index in [0.717, 1.165) is 16.9 Å². The maximum Gasteiger partial charge on any atom is 0.358 e. The number of sulfonamides is 1. The Hall–Kier alpha value is -1.52. The molecule has 0 spiro atoms. The van der Waals surface area contributed by atoms with Crippen molar-refractivity contribution in [1.82, 2.24) is 9.97 Å². The fraction of sp³-hybridized carbons (Fsp3) is 0.100. The third kappa shape index (κ3) is 2.97. The van der Waals surface area contributed by atoms with Crippen LogP contribution in [0.25, 0.3) is 0 Å². The fourth-order valence-electron chi connectivity index (χ4n) is 1.31. The molecule has 0 aliphatic carbocycles. The Bertz CT molecular complexity index is 753. The van der Waals surface area contributed by atoms with Gasteiger partial charge < -0.3 is 5.11 Å². The van der Waals surface area contributed by atoms with E-state index in [9.17, 15) is 13.2 Å². The Balaban J connectivity index is 2.41. The van der Waals surface area contributed by atoms with E-state index < -0.39 is 21.7 Å². The molecule has 20 heavy (non-hydrogen) atoms. The van der Waals surface area contributed by atoms with Crippen LogP contribution in [0.4, 0.5) is 5.82 Å². The van der Waals surface area contributed by atoms with Gasteiger partial charge in [0.25, 0.3) is 10.0 Å². The van der Waals surface area contributed by atoms with Gasteiger partial charge in [0, 0.05) is 12.4 Å². The van der Waals surface area contributed by atoms with Crippen molar-refractivity contribution in [3.63, 3.8) is 0 Å². The van der Waals surface area contributed by atoms with Crippen LogP contribution in [0.3, 0.4) is 0 Å². The number of hydrogen-bond acceptors (Lipinski definition) is 6. The van der Waals surface area contributed by atoms with Crippen molar-refractivity contribution in [2.45, 2.75) is 11.1 Å². The van der Waals surface area contributed by atoms with Crippen LogP contribution in [-0.4, -0.2) is 29.5 Å². The number of hydrogen-bond donors (Lipinski definition) is 2. The summed E-state index contributed by atoms with van der Waals surface area (Å²) in [7, 11) is -3.90. The van der Waals surface area contributed by atoms with Crippen LogP contribution in [0.2, 0.25) is 0 Å². The van der Waals surface area contributed by atoms with E-state index in [-0.39, 0.29) is 10.0 Å². The molecule has 2 N–H and O–H groups in total. The number of nitrogens with one attached hydrogen (secondary N) is 1. The number of halogens is 1. The Labute approximate surface area is 126 Å². The standard InChI is InChI=1S/C10H8BrN3O4S2/c1-5-4-6(19-8(5)11)20(17,18)14-9-7(10(15)16)12-2-3-13-9/h2-4H,1H3,(H,13,14)(H,15,16). The number of aromatic nitrogens is 2. The predicted molar refractivity (Wildman–Crippen MR) is 76.6 cm³/mol. The number of carboxylic acids is 1. The summed E-state index contributed by atoms with van der Waals surface area (Å²) >= 11 is 4.26. The molecule has 0 aliphatic rings. The molecule has 0 unspecified atom stereocenters. The van der Waals surface area contributed by atoms with Gasteiger partial charge in [0.05, 0.1) is 3.79 Å². The highest BCUT2D eigenvalue weighted by Gasteiger charge is 2.22. The van der Waals surface area contributed by atoms with E-state index in [1.54, 1.807) is 6.92 Å². The van der Waals surface area contributed by atoms with Crippen LogP contribution < -0.4 is 4.72 Å². The van der Waals surface area contributed by atoms with Crippen LogP contribution in [0.5, 0.6) is 0 Å². The number of carbonyl (C=O) groups is 1. The molecule has 0 bridgehead atoms. The minimum absolute atomic E-state index is 0.0591. The zero-order chi connectivity index (χ0) is 14.9. The molecule has 0 fully saturated rings. The first kappa shape index (κ1) is 14.9. The van der Waals surface area contributed by atoms with Crippen molar-refractivity contribution in [3.8, 4) is 0 Å². The molecule has 0 aromatic carbocycles. The second-order valence-corrected chi connectivity index (χ2v) is 7.97. The molecule has 0 aliphatic heterocycles. The van der Waals surface area contributed by atoms with Gasteiger partial charge in [-0.05, 0) is 34.5 Å². The molecule has 2 rings (SSSR count). The van der Waals surface area contributed by atoms with Gasteiger partial charge >= 0.3 is 5.97 Å². The number of nitrogens with zero attached hydrogens (tertiary/aromatic N) is 2. The van der Waals surface area contributed by atoms with Crippen molar-refractivity contribution < 1.29 is 18.3 Å². The first-order chi connectivity index (χ1) is 9.31. The van der Waals surface area contributed by atoms with Crippen LogP contribution in [0.1, 0.15) is 16.1 Å². The van der Waals surface area contributed by atoms with Gasteiger partial charge in [-0.3, -0.25) is 4.72 Å². The summed E-state index contributed by atoms with van der Waals surface area (Å²) in [6.45, 7) is 1.75. The van der Waals surface area contributed by atoms with Crippen LogP contribution in [-0.2, 0) is 10.0 Å². The molecule has 2 aromatic rings. The fourth-order valence-corrected chi connectivity index (χ4v) is 4.55. The van der Waals surface area contributed by atoms with E-state index in [0.29, 0.717) is 3.79 Å². The van der Waals surface area contributed by atoms with Gasteiger partial charge in [-0.25, -0.2) is 23.2 Å². The van der Waals surface area contributed by atoms with Crippen LogP contribution >= 0.6 is 27.3 Å². The molecular weight excluding hydrogens is 370 g/mol. The number of rotatable bonds is 4. The largest absolute Gasteiger partial charge is 0.476 e.